The highest BCUT2D eigenvalue weighted by Gasteiger charge is 2.30. The second-order valence-electron chi connectivity index (χ2n) is 4.61. The molecule has 1 aliphatic rings. The number of aliphatic imine (C=N–C) groups is 2. The molecule has 116 valence electrons. The second kappa shape index (κ2) is 6.80. The van der Waals surface area contributed by atoms with Gasteiger partial charge in [0.2, 0.25) is 5.91 Å². The maximum atomic E-state index is 12.0. The third kappa shape index (κ3) is 4.22. The van der Waals surface area contributed by atoms with Gasteiger partial charge in [-0.05, 0) is 24.6 Å². The Labute approximate surface area is 136 Å². The number of nitrogens with two attached hydrogens (primary N) is 2. The van der Waals surface area contributed by atoms with E-state index < -0.39 is 11.2 Å². The number of aryl methyl sites for hydroxylation is 1. The summed E-state index contributed by atoms with van der Waals surface area (Å²) >= 11 is 7.10. The summed E-state index contributed by atoms with van der Waals surface area (Å²) in [5.41, 5.74) is 11.9. The van der Waals surface area contributed by atoms with Crippen molar-refractivity contribution in [1.29, 1.82) is 0 Å². The summed E-state index contributed by atoms with van der Waals surface area (Å²) in [4.78, 5) is 31.1. The van der Waals surface area contributed by atoms with Crippen LogP contribution in [0.2, 0.25) is 5.02 Å². The molecule has 9 heteroatoms. The molecule has 0 spiro atoms. The zero-order valence-electron chi connectivity index (χ0n) is 11.7. The topological polar surface area (TPSA) is 123 Å². The van der Waals surface area contributed by atoms with E-state index >= 15 is 0 Å². The van der Waals surface area contributed by atoms with Crippen LogP contribution in [0.25, 0.3) is 0 Å². The second-order valence-corrected chi connectivity index (χ2v) is 6.19. The predicted octanol–water partition coefficient (Wildman–Crippen LogP) is 1.25. The number of thioether (sulfide) groups is 1. The van der Waals surface area contributed by atoms with Crippen molar-refractivity contribution in [3.8, 4) is 0 Å². The van der Waals surface area contributed by atoms with Crippen molar-refractivity contribution in [2.24, 2.45) is 21.5 Å². The average Bonchev–Trinajstić information content (AvgIpc) is 2.72. The van der Waals surface area contributed by atoms with E-state index in [1.54, 1.807) is 12.1 Å². The van der Waals surface area contributed by atoms with Crippen molar-refractivity contribution < 1.29 is 9.59 Å². The molecule has 0 aromatic heterocycles. The molecule has 1 atom stereocenters. The Bertz CT molecular complexity index is 685. The molecule has 0 aliphatic carbocycles. The van der Waals surface area contributed by atoms with Gasteiger partial charge >= 0.3 is 0 Å². The molecule has 1 heterocycles. The van der Waals surface area contributed by atoms with Gasteiger partial charge in [-0.15, -0.1) is 0 Å². The number of nitrogens with one attached hydrogen (secondary N) is 1. The first-order chi connectivity index (χ1) is 10.3. The number of rotatable bonds is 3. The number of anilines is 1. The van der Waals surface area contributed by atoms with E-state index in [1.165, 1.54) is 0 Å². The minimum absolute atomic E-state index is 0.0410. The maximum absolute atomic E-state index is 12.0. The number of amidine groups is 1. The summed E-state index contributed by atoms with van der Waals surface area (Å²) in [7, 11) is 0. The lowest BCUT2D eigenvalue weighted by molar-refractivity contribution is -0.121. The van der Waals surface area contributed by atoms with E-state index in [0.717, 1.165) is 17.3 Å². The maximum Gasteiger partial charge on any atom is 0.262 e. The molecule has 0 saturated heterocycles. The average molecular weight is 340 g/mol. The normalized spacial score (nSPS) is 17.1. The first-order valence-corrected chi connectivity index (χ1v) is 7.55. The van der Waals surface area contributed by atoms with Gasteiger partial charge in [0.1, 0.15) is 5.25 Å². The molecule has 1 aromatic rings. The van der Waals surface area contributed by atoms with Crippen LogP contribution in [0.5, 0.6) is 0 Å². The smallest absolute Gasteiger partial charge is 0.262 e. The first kappa shape index (κ1) is 16.3. The van der Waals surface area contributed by atoms with Gasteiger partial charge < -0.3 is 16.8 Å². The monoisotopic (exact) mass is 339 g/mol. The van der Waals surface area contributed by atoms with Crippen molar-refractivity contribution in [3.05, 3.63) is 28.8 Å². The molecule has 0 fully saturated rings. The zero-order chi connectivity index (χ0) is 16.3. The van der Waals surface area contributed by atoms with Crippen molar-refractivity contribution in [2.45, 2.75) is 18.6 Å². The quantitative estimate of drug-likeness (QED) is 0.565. The fourth-order valence-electron chi connectivity index (χ4n) is 1.75. The minimum Gasteiger partial charge on any atom is -0.370 e. The van der Waals surface area contributed by atoms with Crippen molar-refractivity contribution in [1.82, 2.24) is 0 Å². The van der Waals surface area contributed by atoms with Gasteiger partial charge in [-0.2, -0.15) is 9.98 Å². The van der Waals surface area contributed by atoms with Gasteiger partial charge in [-0.3, -0.25) is 9.59 Å². The number of nitrogens with zero attached hydrogens (tertiary/aromatic N) is 2. The van der Waals surface area contributed by atoms with E-state index in [-0.39, 0.29) is 23.5 Å². The van der Waals surface area contributed by atoms with Crippen molar-refractivity contribution in [3.63, 3.8) is 0 Å². The van der Waals surface area contributed by atoms with Crippen LogP contribution in [-0.4, -0.2) is 28.2 Å². The van der Waals surface area contributed by atoms with Crippen LogP contribution < -0.4 is 16.8 Å². The lowest BCUT2D eigenvalue weighted by Crippen LogP contribution is -2.23. The highest BCUT2D eigenvalue weighted by molar-refractivity contribution is 8.15. The number of carbonyl (C=O) groups excluding carboxylic acids is 2. The Morgan fingerprint density at radius 1 is 1.50 bits per heavy atom. The third-order valence-corrected chi connectivity index (χ3v) is 4.08. The number of amides is 2. The molecule has 0 radical (unpaired) electrons. The van der Waals surface area contributed by atoms with Crippen molar-refractivity contribution in [2.75, 3.05) is 5.32 Å². The Kier molecular flexibility index (Phi) is 5.04. The summed E-state index contributed by atoms with van der Waals surface area (Å²) in [6, 6.07) is 5.28. The summed E-state index contributed by atoms with van der Waals surface area (Å²) < 4.78 is 0. The number of carbonyl (C=O) groups is 2. The van der Waals surface area contributed by atoms with Crippen LogP contribution in [-0.2, 0) is 9.59 Å². The van der Waals surface area contributed by atoms with Crippen LogP contribution >= 0.6 is 23.4 Å². The van der Waals surface area contributed by atoms with Crippen LogP contribution in [0.4, 0.5) is 5.69 Å². The Morgan fingerprint density at radius 3 is 2.86 bits per heavy atom. The molecule has 2 amide bonds. The van der Waals surface area contributed by atoms with E-state index in [1.807, 2.05) is 13.0 Å². The van der Waals surface area contributed by atoms with Gasteiger partial charge in [0.25, 0.3) is 5.91 Å². The number of benzene rings is 1. The summed E-state index contributed by atoms with van der Waals surface area (Å²) in [5.74, 6) is -0.955. The zero-order valence-corrected chi connectivity index (χ0v) is 13.2. The minimum atomic E-state index is -0.637. The SMILES string of the molecule is Cc1ccc(NC(=O)C[C@H]2SC(N=C(N)N)=NC2=O)c(Cl)c1. The largest absolute Gasteiger partial charge is 0.370 e. The molecule has 2 rings (SSSR count). The van der Waals surface area contributed by atoms with Gasteiger partial charge in [0, 0.05) is 6.42 Å². The molecule has 22 heavy (non-hydrogen) atoms. The van der Waals surface area contributed by atoms with Crippen molar-refractivity contribution >= 4 is 52.0 Å². The highest BCUT2D eigenvalue weighted by Crippen LogP contribution is 2.27. The number of halogens is 1. The molecular formula is C13H14ClN5O2S. The van der Waals surface area contributed by atoms with E-state index in [0.29, 0.717) is 10.7 Å². The van der Waals surface area contributed by atoms with Crippen LogP contribution in [0, 0.1) is 6.92 Å². The standard InChI is InChI=1S/C13H14ClN5O2S/c1-6-2-3-8(7(14)4-6)17-10(20)5-9-11(21)18-13(22-9)19-12(15)16/h2-4,9H,5H2,1H3,(H,17,20)(H4,15,16,18,19,21)/t9-/m1/s1. The van der Waals surface area contributed by atoms with Crippen LogP contribution in [0.3, 0.4) is 0 Å². The van der Waals surface area contributed by atoms with E-state index in [2.05, 4.69) is 15.3 Å². The first-order valence-electron chi connectivity index (χ1n) is 6.30. The summed E-state index contributed by atoms with van der Waals surface area (Å²) in [6.07, 6.45) is -0.0410. The Morgan fingerprint density at radius 2 is 2.23 bits per heavy atom. The summed E-state index contributed by atoms with van der Waals surface area (Å²) in [6.45, 7) is 1.90. The number of hydrogen-bond acceptors (Lipinski definition) is 4. The molecule has 0 saturated carbocycles. The van der Waals surface area contributed by atoms with Gasteiger partial charge in [-0.25, -0.2) is 0 Å². The molecule has 5 N–H and O–H groups in total. The molecule has 1 aromatic carbocycles. The number of hydrogen-bond donors (Lipinski definition) is 3. The predicted molar refractivity (Wildman–Crippen MR) is 89.1 cm³/mol. The van der Waals surface area contributed by atoms with Crippen LogP contribution in [0.15, 0.2) is 28.2 Å². The Balaban J connectivity index is 1.96. The number of guanidine groups is 1. The Hall–Kier alpha value is -2.06. The van der Waals surface area contributed by atoms with Gasteiger partial charge in [0.15, 0.2) is 11.1 Å². The lowest BCUT2D eigenvalue weighted by Gasteiger charge is -2.09. The fraction of sp³-hybridized carbons (Fsp3) is 0.231. The summed E-state index contributed by atoms with van der Waals surface area (Å²) in [5, 5.41) is 2.64. The molecule has 7 nitrogen and oxygen atoms in total. The van der Waals surface area contributed by atoms with Gasteiger partial charge in [0.05, 0.1) is 10.7 Å². The third-order valence-electron chi connectivity index (χ3n) is 2.72. The molecule has 0 unspecified atom stereocenters. The van der Waals surface area contributed by atoms with E-state index in [4.69, 9.17) is 23.1 Å². The molecule has 0 bridgehead atoms. The highest BCUT2D eigenvalue weighted by atomic mass is 35.5. The van der Waals surface area contributed by atoms with E-state index in [9.17, 15) is 9.59 Å². The van der Waals surface area contributed by atoms with Gasteiger partial charge in [-0.1, -0.05) is 29.4 Å². The van der Waals surface area contributed by atoms with Crippen LogP contribution in [0.1, 0.15) is 12.0 Å². The molecule has 1 aliphatic heterocycles. The molecular weight excluding hydrogens is 326 g/mol. The fourth-order valence-corrected chi connectivity index (χ4v) is 2.98. The lowest BCUT2D eigenvalue weighted by atomic mass is 10.2.